The Balaban J connectivity index is 0.782. The van der Waals surface area contributed by atoms with E-state index < -0.39 is 5.41 Å². The van der Waals surface area contributed by atoms with Crippen LogP contribution in [0.2, 0.25) is 0 Å². The summed E-state index contributed by atoms with van der Waals surface area (Å²) in [5.41, 5.74) is 16.7. The third-order valence-corrected chi connectivity index (χ3v) is 22.2. The fourth-order valence-electron chi connectivity index (χ4n) is 18.6. The van der Waals surface area contributed by atoms with Gasteiger partial charge >= 0.3 is 0 Å². The van der Waals surface area contributed by atoms with Crippen molar-refractivity contribution >= 4 is 21.8 Å². The molecule has 0 saturated heterocycles. The number of para-hydroxylation sites is 1. The van der Waals surface area contributed by atoms with E-state index in [1.807, 2.05) is 0 Å². The summed E-state index contributed by atoms with van der Waals surface area (Å²) < 4.78 is 2.36. The molecular formula is C73H74N4. The summed E-state index contributed by atoms with van der Waals surface area (Å²) in [4.78, 5) is 16.4. The zero-order valence-corrected chi connectivity index (χ0v) is 46.0. The van der Waals surface area contributed by atoms with Crippen molar-refractivity contribution in [2.24, 2.45) is 52.3 Å². The van der Waals surface area contributed by atoms with Gasteiger partial charge in [0.25, 0.3) is 0 Å². The van der Waals surface area contributed by atoms with E-state index in [0.29, 0.717) is 34.3 Å². The number of benzene rings is 7. The van der Waals surface area contributed by atoms with E-state index in [-0.39, 0.29) is 0 Å². The Kier molecular flexibility index (Phi) is 11.1. The average Bonchev–Trinajstić information content (AvgIpc) is 4.22. The largest absolute Gasteiger partial charge is 0.277 e. The van der Waals surface area contributed by atoms with Gasteiger partial charge in [0.15, 0.2) is 11.6 Å². The minimum Gasteiger partial charge on any atom is -0.277 e. The Morgan fingerprint density at radius 3 is 1.87 bits per heavy atom. The predicted octanol–water partition coefficient (Wildman–Crippen LogP) is 18.9. The van der Waals surface area contributed by atoms with Crippen LogP contribution in [0, 0.1) is 52.3 Å². The standard InChI is InChI=1S/C73H74N4/c1-45(2)18-17-19-46(3)58-38-39-59-56-35-34-51-44-50(40-42-71(51,4)60(56)41-43-72(58,59)5)47-30-32-49(33-31-47)69-74-68(48-20-7-6-8-21-48)75-70(76-69)77-65-29-16-12-24-54(65)55-36-37-64-66(67(55)77)57-25-11-15-28-63(57)73(64)61-26-13-9-22-52(61)53-23-10-14-27-62(53)73/h6-16,20-33,36-37,45-46,50-51,56,58-60H,17-19,34-35,38-44H2,1-5H3/t46-,50?,51?,56?,58?,59?,60?,71?,72?/m1/s1. The van der Waals surface area contributed by atoms with Crippen LogP contribution >= 0.6 is 0 Å². The fraction of sp³-hybridized carbons (Fsp3) is 0.384. The van der Waals surface area contributed by atoms with Crippen molar-refractivity contribution in [2.45, 2.75) is 123 Å². The number of aromatic nitrogens is 4. The molecule has 7 aromatic carbocycles. The van der Waals surface area contributed by atoms with E-state index in [0.717, 1.165) is 63.6 Å². The maximum absolute atomic E-state index is 5.56. The SMILES string of the molecule is CC(C)CCC[C@@H](C)C1CCC2C3CCC4CC(c5ccc(-c6nc(-c7ccccc7)nc(-n7c8ccccc8c8ccc9c(c87)-c7ccccc7C97c8ccccc8-c8ccccc87)n6)cc5)CCC4(C)C3CCC21C. The first kappa shape index (κ1) is 47.6. The van der Waals surface area contributed by atoms with Gasteiger partial charge in [0.1, 0.15) is 0 Å². The quantitative estimate of drug-likeness (QED) is 0.145. The molecule has 0 N–H and O–H groups in total. The van der Waals surface area contributed by atoms with Gasteiger partial charge in [-0.05, 0) is 167 Å². The first-order valence-electron chi connectivity index (χ1n) is 29.9. The van der Waals surface area contributed by atoms with E-state index in [2.05, 4.69) is 203 Å². The second-order valence-electron chi connectivity index (χ2n) is 26.1. The summed E-state index contributed by atoms with van der Waals surface area (Å²) >= 11 is 0. The molecule has 6 aliphatic rings. The van der Waals surface area contributed by atoms with Gasteiger partial charge in [-0.15, -0.1) is 0 Å². The highest BCUT2D eigenvalue weighted by Crippen LogP contribution is 2.70. The summed E-state index contributed by atoms with van der Waals surface area (Å²) in [7, 11) is 0. The molecule has 8 unspecified atom stereocenters. The van der Waals surface area contributed by atoms with Gasteiger partial charge in [-0.25, -0.2) is 4.98 Å². The summed E-state index contributed by atoms with van der Waals surface area (Å²) in [6.45, 7) is 12.9. The summed E-state index contributed by atoms with van der Waals surface area (Å²) in [5, 5.41) is 2.38. The molecule has 9 atom stereocenters. The highest BCUT2D eigenvalue weighted by Gasteiger charge is 2.61. The van der Waals surface area contributed by atoms with Crippen LogP contribution in [0.5, 0.6) is 0 Å². The lowest BCUT2D eigenvalue weighted by Gasteiger charge is -2.61. The minimum atomic E-state index is -0.463. The van der Waals surface area contributed by atoms with Gasteiger partial charge in [-0.3, -0.25) is 4.57 Å². The molecule has 0 radical (unpaired) electrons. The fourth-order valence-corrected chi connectivity index (χ4v) is 18.6. The number of rotatable bonds is 9. The molecule has 0 amide bonds. The molecule has 6 aliphatic carbocycles. The van der Waals surface area contributed by atoms with Crippen molar-refractivity contribution in [1.29, 1.82) is 0 Å². The third kappa shape index (κ3) is 6.98. The van der Waals surface area contributed by atoms with Crippen molar-refractivity contribution in [3.05, 3.63) is 192 Å². The predicted molar refractivity (Wildman–Crippen MR) is 317 cm³/mol. The molecular weight excluding hydrogens is 933 g/mol. The summed E-state index contributed by atoms with van der Waals surface area (Å²) in [6, 6.07) is 60.9. The van der Waals surface area contributed by atoms with Gasteiger partial charge in [-0.2, -0.15) is 9.97 Å². The maximum Gasteiger partial charge on any atom is 0.238 e. The zero-order valence-electron chi connectivity index (χ0n) is 46.0. The molecule has 4 heteroatoms. The molecule has 2 heterocycles. The first-order valence-corrected chi connectivity index (χ1v) is 29.9. The van der Waals surface area contributed by atoms with Crippen LogP contribution in [-0.4, -0.2) is 19.5 Å². The van der Waals surface area contributed by atoms with Gasteiger partial charge in [0.2, 0.25) is 5.95 Å². The van der Waals surface area contributed by atoms with E-state index in [4.69, 9.17) is 15.0 Å². The van der Waals surface area contributed by atoms with Crippen LogP contribution in [-0.2, 0) is 5.41 Å². The topological polar surface area (TPSA) is 43.6 Å². The smallest absolute Gasteiger partial charge is 0.238 e. The van der Waals surface area contributed by atoms with Crippen molar-refractivity contribution < 1.29 is 0 Å². The molecule has 0 bridgehead atoms. The van der Waals surface area contributed by atoms with Crippen LogP contribution in [0.1, 0.15) is 145 Å². The molecule has 386 valence electrons. The monoisotopic (exact) mass is 1010 g/mol. The number of hydrogen-bond donors (Lipinski definition) is 0. The average molecular weight is 1010 g/mol. The van der Waals surface area contributed by atoms with Crippen molar-refractivity contribution in [3.63, 3.8) is 0 Å². The molecule has 15 rings (SSSR count). The molecule has 4 saturated carbocycles. The highest BCUT2D eigenvalue weighted by molar-refractivity contribution is 6.16. The normalized spacial score (nSPS) is 26.7. The Morgan fingerprint density at radius 2 is 1.14 bits per heavy atom. The van der Waals surface area contributed by atoms with Crippen LogP contribution in [0.25, 0.3) is 72.8 Å². The van der Waals surface area contributed by atoms with E-state index in [1.54, 1.807) is 0 Å². The van der Waals surface area contributed by atoms with Crippen molar-refractivity contribution in [1.82, 2.24) is 19.5 Å². The molecule has 4 nitrogen and oxygen atoms in total. The minimum absolute atomic E-state index is 0.463. The van der Waals surface area contributed by atoms with E-state index in [1.165, 1.54) is 138 Å². The lowest BCUT2D eigenvalue weighted by atomic mass is 9.43. The Morgan fingerprint density at radius 1 is 0.519 bits per heavy atom. The van der Waals surface area contributed by atoms with Crippen LogP contribution < -0.4 is 0 Å². The molecule has 9 aromatic rings. The second-order valence-corrected chi connectivity index (χ2v) is 26.1. The first-order chi connectivity index (χ1) is 37.6. The molecule has 4 fully saturated rings. The van der Waals surface area contributed by atoms with Gasteiger partial charge in [-0.1, -0.05) is 212 Å². The van der Waals surface area contributed by atoms with Crippen molar-refractivity contribution in [3.8, 4) is 51.0 Å². The number of hydrogen-bond acceptors (Lipinski definition) is 3. The van der Waals surface area contributed by atoms with Crippen LogP contribution in [0.15, 0.2) is 164 Å². The Labute approximate surface area is 456 Å². The molecule has 0 aliphatic heterocycles. The lowest BCUT2D eigenvalue weighted by molar-refractivity contribution is -0.117. The molecule has 2 aromatic heterocycles. The Bertz CT molecular complexity index is 3710. The number of fused-ring (bicyclic) bond motifs is 19. The molecule has 77 heavy (non-hydrogen) atoms. The van der Waals surface area contributed by atoms with Crippen LogP contribution in [0.3, 0.4) is 0 Å². The molecule has 1 spiro atoms. The van der Waals surface area contributed by atoms with Gasteiger partial charge < -0.3 is 0 Å². The van der Waals surface area contributed by atoms with E-state index in [9.17, 15) is 0 Å². The maximum atomic E-state index is 5.56. The lowest BCUT2D eigenvalue weighted by Crippen LogP contribution is -2.53. The summed E-state index contributed by atoms with van der Waals surface area (Å²) in [5.74, 6) is 8.81. The Hall–Kier alpha value is -6.65. The second kappa shape index (κ2) is 17.9. The highest BCUT2D eigenvalue weighted by atomic mass is 15.2. The summed E-state index contributed by atoms with van der Waals surface area (Å²) in [6.07, 6.45) is 17.0. The number of nitrogens with zero attached hydrogens (tertiary/aromatic N) is 4. The van der Waals surface area contributed by atoms with Gasteiger partial charge in [0.05, 0.1) is 16.4 Å². The van der Waals surface area contributed by atoms with E-state index >= 15 is 0 Å². The van der Waals surface area contributed by atoms with Crippen LogP contribution in [0.4, 0.5) is 0 Å². The zero-order chi connectivity index (χ0) is 51.8. The van der Waals surface area contributed by atoms with Gasteiger partial charge in [0, 0.05) is 27.5 Å². The van der Waals surface area contributed by atoms with Crippen molar-refractivity contribution in [2.75, 3.05) is 0 Å². The third-order valence-electron chi connectivity index (χ3n) is 22.2.